The average Bonchev–Trinajstić information content (AvgIpc) is 2.35. The van der Waals surface area contributed by atoms with Crippen molar-refractivity contribution in [2.24, 2.45) is 5.92 Å². The molecule has 0 aromatic heterocycles. The highest BCUT2D eigenvalue weighted by Gasteiger charge is 2.31. The van der Waals surface area contributed by atoms with Crippen LogP contribution in [0.15, 0.2) is 24.3 Å². The van der Waals surface area contributed by atoms with Crippen molar-refractivity contribution in [1.29, 1.82) is 0 Å². The Bertz CT molecular complexity index is 470. The summed E-state index contributed by atoms with van der Waals surface area (Å²) >= 11 is 0. The maximum Gasteiger partial charge on any atom is 0.260 e. The second-order valence-electron chi connectivity index (χ2n) is 4.76. The smallest absolute Gasteiger partial charge is 0.260 e. The molecule has 1 aromatic rings. The fourth-order valence-corrected chi connectivity index (χ4v) is 2.21. The summed E-state index contributed by atoms with van der Waals surface area (Å²) in [7, 11) is 0. The number of aliphatic hydroxyl groups excluding tert-OH is 1. The monoisotopic (exact) mass is 247 g/mol. The third kappa shape index (κ3) is 2.43. The van der Waals surface area contributed by atoms with E-state index in [0.29, 0.717) is 18.5 Å². The third-order valence-electron chi connectivity index (χ3n) is 3.25. The number of fused-ring (bicyclic) bond motifs is 1. The number of aliphatic hydroxyl groups is 1. The predicted molar refractivity (Wildman–Crippen MR) is 67.1 cm³/mol. The second kappa shape index (κ2) is 5.31. The molecule has 96 valence electrons. The van der Waals surface area contributed by atoms with Crippen molar-refractivity contribution in [3.05, 3.63) is 35.4 Å². The average molecular weight is 247 g/mol. The molecule has 0 spiro atoms. The molecule has 1 heterocycles. The number of carbonyl (C=O) groups excluding carboxylic acids is 2. The van der Waals surface area contributed by atoms with Crippen LogP contribution in [0.2, 0.25) is 0 Å². The Labute approximate surface area is 106 Å². The molecule has 0 saturated carbocycles. The summed E-state index contributed by atoms with van der Waals surface area (Å²) in [6.45, 7) is 2.39. The van der Waals surface area contributed by atoms with E-state index in [1.807, 2.05) is 25.1 Å². The van der Waals surface area contributed by atoms with E-state index in [0.717, 1.165) is 5.56 Å². The minimum Gasteiger partial charge on any atom is -0.396 e. The van der Waals surface area contributed by atoms with Crippen LogP contribution >= 0.6 is 0 Å². The molecule has 0 bridgehead atoms. The summed E-state index contributed by atoms with van der Waals surface area (Å²) in [6.07, 6.45) is 0.881. The standard InChI is InChI=1S/C14H17NO3/c1-10(6-7-16)9-15-13(17)8-11-4-2-3-5-12(11)14(15)18/h2-5,10,16H,6-9H2,1H3. The van der Waals surface area contributed by atoms with E-state index in [1.165, 1.54) is 4.90 Å². The number of hydrogen-bond acceptors (Lipinski definition) is 3. The van der Waals surface area contributed by atoms with Crippen molar-refractivity contribution in [3.8, 4) is 0 Å². The molecule has 1 unspecified atom stereocenters. The molecule has 4 nitrogen and oxygen atoms in total. The van der Waals surface area contributed by atoms with Gasteiger partial charge in [-0.25, -0.2) is 0 Å². The zero-order chi connectivity index (χ0) is 13.1. The van der Waals surface area contributed by atoms with Gasteiger partial charge in [-0.05, 0) is 24.0 Å². The summed E-state index contributed by atoms with van der Waals surface area (Å²) in [5, 5.41) is 8.87. The third-order valence-corrected chi connectivity index (χ3v) is 3.25. The molecule has 0 radical (unpaired) electrons. The van der Waals surface area contributed by atoms with Crippen molar-refractivity contribution in [1.82, 2.24) is 4.90 Å². The molecule has 1 aliphatic heterocycles. The number of hydrogen-bond donors (Lipinski definition) is 1. The highest BCUT2D eigenvalue weighted by Crippen LogP contribution is 2.20. The molecule has 1 aromatic carbocycles. The summed E-state index contributed by atoms with van der Waals surface area (Å²) in [4.78, 5) is 25.5. The fourth-order valence-electron chi connectivity index (χ4n) is 2.21. The van der Waals surface area contributed by atoms with Crippen LogP contribution in [0.4, 0.5) is 0 Å². The number of benzene rings is 1. The van der Waals surface area contributed by atoms with Gasteiger partial charge in [-0.1, -0.05) is 25.1 Å². The molecular weight excluding hydrogens is 230 g/mol. The number of rotatable bonds is 4. The Hall–Kier alpha value is -1.68. The van der Waals surface area contributed by atoms with Crippen LogP contribution in [-0.2, 0) is 11.2 Å². The van der Waals surface area contributed by atoms with E-state index < -0.39 is 0 Å². The van der Waals surface area contributed by atoms with Gasteiger partial charge in [-0.2, -0.15) is 0 Å². The van der Waals surface area contributed by atoms with E-state index in [-0.39, 0.29) is 30.8 Å². The predicted octanol–water partition coefficient (Wildman–Crippen LogP) is 1.23. The Morgan fingerprint density at radius 2 is 2.06 bits per heavy atom. The highest BCUT2D eigenvalue weighted by molar-refractivity contribution is 6.09. The van der Waals surface area contributed by atoms with Crippen LogP contribution in [-0.4, -0.2) is 35.0 Å². The second-order valence-corrected chi connectivity index (χ2v) is 4.76. The fraction of sp³-hybridized carbons (Fsp3) is 0.429. The number of carbonyl (C=O) groups is 2. The molecular formula is C14H17NO3. The van der Waals surface area contributed by atoms with Crippen molar-refractivity contribution >= 4 is 11.8 Å². The van der Waals surface area contributed by atoms with Crippen molar-refractivity contribution in [2.45, 2.75) is 19.8 Å². The number of amides is 2. The zero-order valence-electron chi connectivity index (χ0n) is 10.4. The van der Waals surface area contributed by atoms with Crippen molar-refractivity contribution < 1.29 is 14.7 Å². The van der Waals surface area contributed by atoms with Crippen LogP contribution in [0.25, 0.3) is 0 Å². The zero-order valence-corrected chi connectivity index (χ0v) is 10.4. The molecule has 1 N–H and O–H groups in total. The maximum atomic E-state index is 12.2. The Morgan fingerprint density at radius 3 is 2.78 bits per heavy atom. The molecule has 1 aliphatic rings. The summed E-state index contributed by atoms with van der Waals surface area (Å²) in [5.74, 6) is -0.247. The topological polar surface area (TPSA) is 57.6 Å². The molecule has 1 atom stereocenters. The largest absolute Gasteiger partial charge is 0.396 e. The Morgan fingerprint density at radius 1 is 1.33 bits per heavy atom. The molecule has 0 aliphatic carbocycles. The Kier molecular flexibility index (Phi) is 3.77. The van der Waals surface area contributed by atoms with Crippen LogP contribution < -0.4 is 0 Å². The minimum atomic E-state index is -0.216. The van der Waals surface area contributed by atoms with Gasteiger partial charge in [0.05, 0.1) is 6.42 Å². The van der Waals surface area contributed by atoms with Crippen molar-refractivity contribution in [2.75, 3.05) is 13.2 Å². The van der Waals surface area contributed by atoms with Gasteiger partial charge in [0, 0.05) is 18.7 Å². The van der Waals surface area contributed by atoms with Crippen LogP contribution in [0.5, 0.6) is 0 Å². The van der Waals surface area contributed by atoms with Gasteiger partial charge in [0.1, 0.15) is 0 Å². The lowest BCUT2D eigenvalue weighted by atomic mass is 9.97. The van der Waals surface area contributed by atoms with E-state index in [4.69, 9.17) is 5.11 Å². The summed E-state index contributed by atoms with van der Waals surface area (Å²) < 4.78 is 0. The van der Waals surface area contributed by atoms with E-state index in [1.54, 1.807) is 6.07 Å². The van der Waals surface area contributed by atoms with E-state index in [9.17, 15) is 9.59 Å². The molecule has 4 heteroatoms. The quantitative estimate of drug-likeness (QED) is 0.814. The van der Waals surface area contributed by atoms with Crippen molar-refractivity contribution in [3.63, 3.8) is 0 Å². The van der Waals surface area contributed by atoms with Gasteiger partial charge in [-0.15, -0.1) is 0 Å². The number of nitrogens with zero attached hydrogens (tertiary/aromatic N) is 1. The SMILES string of the molecule is CC(CCO)CN1C(=O)Cc2ccccc2C1=O. The summed E-state index contributed by atoms with van der Waals surface area (Å²) in [5.41, 5.74) is 1.42. The summed E-state index contributed by atoms with van der Waals surface area (Å²) in [6, 6.07) is 7.22. The van der Waals surface area contributed by atoms with Gasteiger partial charge < -0.3 is 5.11 Å². The lowest BCUT2D eigenvalue weighted by Gasteiger charge is -2.28. The number of imide groups is 1. The molecule has 0 saturated heterocycles. The normalized spacial score (nSPS) is 16.7. The van der Waals surface area contributed by atoms with Gasteiger partial charge in [0.2, 0.25) is 5.91 Å². The maximum absolute atomic E-state index is 12.2. The van der Waals surface area contributed by atoms with E-state index in [2.05, 4.69) is 0 Å². The van der Waals surface area contributed by atoms with Gasteiger partial charge in [0.15, 0.2) is 0 Å². The molecule has 2 amide bonds. The van der Waals surface area contributed by atoms with Gasteiger partial charge >= 0.3 is 0 Å². The van der Waals surface area contributed by atoms with Gasteiger partial charge in [-0.3, -0.25) is 14.5 Å². The first-order chi connectivity index (χ1) is 8.63. The molecule has 2 rings (SSSR count). The lowest BCUT2D eigenvalue weighted by Crippen LogP contribution is -2.44. The molecule has 0 fully saturated rings. The first-order valence-electron chi connectivity index (χ1n) is 6.17. The highest BCUT2D eigenvalue weighted by atomic mass is 16.3. The Balaban J connectivity index is 2.19. The minimum absolute atomic E-state index is 0.0774. The molecule has 18 heavy (non-hydrogen) atoms. The van der Waals surface area contributed by atoms with Crippen LogP contribution in [0.3, 0.4) is 0 Å². The first-order valence-corrected chi connectivity index (χ1v) is 6.17. The first kappa shape index (κ1) is 12.8. The lowest BCUT2D eigenvalue weighted by molar-refractivity contribution is -0.128. The van der Waals surface area contributed by atoms with Crippen LogP contribution in [0.1, 0.15) is 29.3 Å². The van der Waals surface area contributed by atoms with Crippen LogP contribution in [0, 0.1) is 5.92 Å². The van der Waals surface area contributed by atoms with E-state index >= 15 is 0 Å². The van der Waals surface area contributed by atoms with Gasteiger partial charge in [0.25, 0.3) is 5.91 Å².